The van der Waals surface area contributed by atoms with E-state index in [1.165, 1.54) is 12.1 Å². The van der Waals surface area contributed by atoms with Crippen molar-refractivity contribution in [1.82, 2.24) is 20.7 Å². The van der Waals surface area contributed by atoms with E-state index < -0.39 is 11.6 Å². The molecule has 1 aromatic carbocycles. The van der Waals surface area contributed by atoms with Crippen LogP contribution in [0.5, 0.6) is 0 Å². The zero-order chi connectivity index (χ0) is 21.5. The number of aryl methyl sites for hydroxylation is 2. The maximum absolute atomic E-state index is 13.4. The molecule has 0 aliphatic carbocycles. The molecule has 2 heterocycles. The summed E-state index contributed by atoms with van der Waals surface area (Å²) in [6.45, 7) is 9.82. The molecular formula is C22H31F2N5O. The van der Waals surface area contributed by atoms with Crippen molar-refractivity contribution >= 4 is 5.96 Å². The van der Waals surface area contributed by atoms with E-state index in [4.69, 9.17) is 9.52 Å². The van der Waals surface area contributed by atoms with Gasteiger partial charge in [-0.1, -0.05) is 11.2 Å². The van der Waals surface area contributed by atoms with Crippen LogP contribution in [0.4, 0.5) is 8.78 Å². The molecule has 1 saturated heterocycles. The molecular weight excluding hydrogens is 388 g/mol. The summed E-state index contributed by atoms with van der Waals surface area (Å²) in [5, 5.41) is 10.8. The molecule has 3 rings (SSSR count). The summed E-state index contributed by atoms with van der Waals surface area (Å²) in [4.78, 5) is 6.97. The van der Waals surface area contributed by atoms with Gasteiger partial charge >= 0.3 is 0 Å². The summed E-state index contributed by atoms with van der Waals surface area (Å²) in [6, 6.07) is 4.47. The lowest BCUT2D eigenvalue weighted by Crippen LogP contribution is -2.48. The minimum absolute atomic E-state index is 0.336. The third kappa shape index (κ3) is 6.01. The van der Waals surface area contributed by atoms with E-state index in [1.807, 2.05) is 13.8 Å². The van der Waals surface area contributed by atoms with E-state index in [0.717, 1.165) is 67.4 Å². The van der Waals surface area contributed by atoms with E-state index in [1.54, 1.807) is 6.07 Å². The number of hydrogen-bond acceptors (Lipinski definition) is 4. The van der Waals surface area contributed by atoms with Crippen LogP contribution in [0.2, 0.25) is 0 Å². The predicted octanol–water partition coefficient (Wildman–Crippen LogP) is 3.33. The number of piperidine rings is 1. The summed E-state index contributed by atoms with van der Waals surface area (Å²) in [7, 11) is 0. The third-order valence-electron chi connectivity index (χ3n) is 5.48. The van der Waals surface area contributed by atoms with E-state index in [9.17, 15) is 8.78 Å². The Hall–Kier alpha value is -2.48. The van der Waals surface area contributed by atoms with Crippen LogP contribution in [0.15, 0.2) is 27.7 Å². The van der Waals surface area contributed by atoms with E-state index >= 15 is 0 Å². The van der Waals surface area contributed by atoms with Gasteiger partial charge in [-0.15, -0.1) is 0 Å². The fraction of sp³-hybridized carbons (Fsp3) is 0.545. The molecule has 164 valence electrons. The quantitative estimate of drug-likeness (QED) is 0.532. The molecule has 0 bridgehead atoms. The highest BCUT2D eigenvalue weighted by Crippen LogP contribution is 2.16. The number of nitrogens with one attached hydrogen (secondary N) is 2. The van der Waals surface area contributed by atoms with Crippen molar-refractivity contribution in [2.45, 2.75) is 52.6 Å². The highest BCUT2D eigenvalue weighted by Gasteiger charge is 2.20. The standard InChI is InChI=1S/C22H31F2N5O/c1-4-25-22(26-10-7-19-15(2)28-30-16(19)3)27-18-8-11-29(12-9-18)14-17-5-6-20(23)21(24)13-17/h5-6,13,18H,4,7-12,14H2,1-3H3,(H2,25,26,27). The molecule has 0 spiro atoms. The minimum atomic E-state index is -0.800. The number of benzene rings is 1. The maximum atomic E-state index is 13.4. The summed E-state index contributed by atoms with van der Waals surface area (Å²) in [5.41, 5.74) is 2.85. The molecule has 1 aliphatic heterocycles. The van der Waals surface area contributed by atoms with Gasteiger partial charge in [0, 0.05) is 44.3 Å². The van der Waals surface area contributed by atoms with Crippen LogP contribution >= 0.6 is 0 Å². The molecule has 0 unspecified atom stereocenters. The molecule has 0 amide bonds. The van der Waals surface area contributed by atoms with Gasteiger partial charge in [-0.25, -0.2) is 8.78 Å². The monoisotopic (exact) mass is 419 g/mol. The number of rotatable bonds is 7. The van der Waals surface area contributed by atoms with E-state index in [2.05, 4.69) is 27.6 Å². The van der Waals surface area contributed by atoms with Crippen molar-refractivity contribution < 1.29 is 13.3 Å². The van der Waals surface area contributed by atoms with Gasteiger partial charge in [0.1, 0.15) is 5.76 Å². The van der Waals surface area contributed by atoms with Crippen molar-refractivity contribution in [3.05, 3.63) is 52.4 Å². The molecule has 1 fully saturated rings. The first-order valence-corrected chi connectivity index (χ1v) is 10.6. The Morgan fingerprint density at radius 1 is 1.23 bits per heavy atom. The molecule has 1 aromatic heterocycles. The van der Waals surface area contributed by atoms with Gasteiger partial charge in [0.2, 0.25) is 0 Å². The molecule has 2 N–H and O–H groups in total. The maximum Gasteiger partial charge on any atom is 0.191 e. The first kappa shape index (κ1) is 22.2. The van der Waals surface area contributed by atoms with Gasteiger partial charge in [0.15, 0.2) is 17.6 Å². The lowest BCUT2D eigenvalue weighted by molar-refractivity contribution is 0.198. The number of aliphatic imine (C=N–C) groups is 1. The Balaban J connectivity index is 1.47. The minimum Gasteiger partial charge on any atom is -0.361 e. The fourth-order valence-electron chi connectivity index (χ4n) is 3.78. The molecule has 2 aromatic rings. The van der Waals surface area contributed by atoms with Crippen LogP contribution in [-0.2, 0) is 13.0 Å². The number of halogens is 2. The Morgan fingerprint density at radius 2 is 2.00 bits per heavy atom. The molecule has 6 nitrogen and oxygen atoms in total. The predicted molar refractivity (Wildman–Crippen MR) is 113 cm³/mol. The molecule has 30 heavy (non-hydrogen) atoms. The van der Waals surface area contributed by atoms with Crippen LogP contribution in [0.25, 0.3) is 0 Å². The first-order valence-electron chi connectivity index (χ1n) is 10.6. The number of guanidine groups is 1. The second kappa shape index (κ2) is 10.5. The summed E-state index contributed by atoms with van der Waals surface area (Å²) >= 11 is 0. The van der Waals surface area contributed by atoms with Crippen molar-refractivity contribution in [2.24, 2.45) is 4.99 Å². The smallest absolute Gasteiger partial charge is 0.191 e. The van der Waals surface area contributed by atoms with E-state index in [0.29, 0.717) is 19.1 Å². The zero-order valence-corrected chi connectivity index (χ0v) is 18.0. The van der Waals surface area contributed by atoms with Crippen molar-refractivity contribution in [3.63, 3.8) is 0 Å². The molecule has 0 saturated carbocycles. The highest BCUT2D eigenvalue weighted by atomic mass is 19.2. The first-order chi connectivity index (χ1) is 14.5. The SMILES string of the molecule is CCNC(=NCCc1c(C)noc1C)NC1CCN(Cc2ccc(F)c(F)c2)CC1. The fourth-order valence-corrected chi connectivity index (χ4v) is 3.78. The Labute approximate surface area is 176 Å². The molecule has 0 atom stereocenters. The second-order valence-corrected chi connectivity index (χ2v) is 7.76. The lowest BCUT2D eigenvalue weighted by atomic mass is 10.0. The average molecular weight is 420 g/mol. The average Bonchev–Trinajstić information content (AvgIpc) is 3.04. The second-order valence-electron chi connectivity index (χ2n) is 7.76. The van der Waals surface area contributed by atoms with Crippen LogP contribution in [0, 0.1) is 25.5 Å². The van der Waals surface area contributed by atoms with Gasteiger partial charge in [-0.3, -0.25) is 9.89 Å². The van der Waals surface area contributed by atoms with Crippen LogP contribution in [0.3, 0.4) is 0 Å². The van der Waals surface area contributed by atoms with Gasteiger partial charge in [0.05, 0.1) is 5.69 Å². The van der Waals surface area contributed by atoms with Gasteiger partial charge < -0.3 is 15.2 Å². The number of nitrogens with zero attached hydrogens (tertiary/aromatic N) is 3. The lowest BCUT2D eigenvalue weighted by Gasteiger charge is -2.33. The van der Waals surface area contributed by atoms with Crippen molar-refractivity contribution in [3.8, 4) is 0 Å². The van der Waals surface area contributed by atoms with Crippen LogP contribution in [-0.4, -0.2) is 48.2 Å². The summed E-state index contributed by atoms with van der Waals surface area (Å²) in [5.74, 6) is 0.0933. The normalized spacial score (nSPS) is 16.1. The Morgan fingerprint density at radius 3 is 2.63 bits per heavy atom. The Kier molecular flexibility index (Phi) is 7.79. The summed E-state index contributed by atoms with van der Waals surface area (Å²) < 4.78 is 31.7. The van der Waals surface area contributed by atoms with Crippen molar-refractivity contribution in [1.29, 1.82) is 0 Å². The van der Waals surface area contributed by atoms with Crippen molar-refractivity contribution in [2.75, 3.05) is 26.2 Å². The number of aromatic nitrogens is 1. The van der Waals surface area contributed by atoms with Gasteiger partial charge in [-0.2, -0.15) is 0 Å². The topological polar surface area (TPSA) is 65.7 Å². The Bertz CT molecular complexity index is 840. The van der Waals surface area contributed by atoms with E-state index in [-0.39, 0.29) is 0 Å². The van der Waals surface area contributed by atoms with Gasteiger partial charge in [0.25, 0.3) is 0 Å². The van der Waals surface area contributed by atoms with Crippen LogP contribution < -0.4 is 10.6 Å². The molecule has 0 radical (unpaired) electrons. The number of hydrogen-bond donors (Lipinski definition) is 2. The summed E-state index contributed by atoms with van der Waals surface area (Å²) in [6.07, 6.45) is 2.74. The number of likely N-dealkylation sites (tertiary alicyclic amines) is 1. The molecule has 8 heteroatoms. The third-order valence-corrected chi connectivity index (χ3v) is 5.48. The van der Waals surface area contributed by atoms with Gasteiger partial charge in [-0.05, 0) is 57.7 Å². The highest BCUT2D eigenvalue weighted by molar-refractivity contribution is 5.80. The zero-order valence-electron chi connectivity index (χ0n) is 18.0. The van der Waals surface area contributed by atoms with Crippen LogP contribution in [0.1, 0.15) is 42.3 Å². The largest absolute Gasteiger partial charge is 0.361 e. The molecule has 1 aliphatic rings.